The van der Waals surface area contributed by atoms with Crippen LogP contribution in [-0.4, -0.2) is 40.8 Å². The molecule has 0 atom stereocenters. The first kappa shape index (κ1) is 15.9. The van der Waals surface area contributed by atoms with E-state index in [0.29, 0.717) is 5.41 Å². The van der Waals surface area contributed by atoms with E-state index in [1.165, 1.54) is 31.2 Å². The maximum atomic E-state index is 4.87. The van der Waals surface area contributed by atoms with Crippen LogP contribution in [0.1, 0.15) is 45.1 Å². The Bertz CT molecular complexity index is 471. The Kier molecular flexibility index (Phi) is 5.26. The molecule has 21 heavy (non-hydrogen) atoms. The van der Waals surface area contributed by atoms with Gasteiger partial charge in [-0.05, 0) is 25.2 Å². The first-order chi connectivity index (χ1) is 10.0. The highest BCUT2D eigenvalue weighted by molar-refractivity contribution is 5.79. The molecular formula is C16H29N5. The Morgan fingerprint density at radius 3 is 2.76 bits per heavy atom. The van der Waals surface area contributed by atoms with Crippen LogP contribution in [-0.2, 0) is 13.6 Å². The summed E-state index contributed by atoms with van der Waals surface area (Å²) in [4.78, 5) is 7.05. The second kappa shape index (κ2) is 6.96. The van der Waals surface area contributed by atoms with Gasteiger partial charge in [-0.2, -0.15) is 5.10 Å². The molecule has 0 saturated heterocycles. The van der Waals surface area contributed by atoms with Crippen molar-refractivity contribution < 1.29 is 0 Å². The minimum Gasteiger partial charge on any atom is -0.357 e. The van der Waals surface area contributed by atoms with Gasteiger partial charge in [0.2, 0.25) is 0 Å². The van der Waals surface area contributed by atoms with E-state index in [9.17, 15) is 0 Å². The SMILES string of the molecule is CCNC(=NCC1(C)CCCC1)N(C)Cc1cnn(C)c1. The zero-order valence-electron chi connectivity index (χ0n) is 13.9. The highest BCUT2D eigenvalue weighted by Gasteiger charge is 2.28. The average Bonchev–Trinajstić information content (AvgIpc) is 3.04. The van der Waals surface area contributed by atoms with Crippen molar-refractivity contribution in [2.75, 3.05) is 20.1 Å². The molecule has 0 aliphatic heterocycles. The summed E-state index contributed by atoms with van der Waals surface area (Å²) in [7, 11) is 4.04. The van der Waals surface area contributed by atoms with Crippen LogP contribution in [0.3, 0.4) is 0 Å². The van der Waals surface area contributed by atoms with Crippen molar-refractivity contribution in [3.05, 3.63) is 18.0 Å². The average molecular weight is 291 g/mol. The van der Waals surface area contributed by atoms with Gasteiger partial charge in [0, 0.05) is 45.5 Å². The summed E-state index contributed by atoms with van der Waals surface area (Å²) in [6.45, 7) is 7.13. The molecule has 0 unspecified atom stereocenters. The molecule has 0 spiro atoms. The number of guanidine groups is 1. The Labute approximate surface area is 128 Å². The molecule has 1 aromatic rings. The zero-order valence-corrected chi connectivity index (χ0v) is 13.9. The Morgan fingerprint density at radius 1 is 1.48 bits per heavy atom. The van der Waals surface area contributed by atoms with Crippen LogP contribution in [0.4, 0.5) is 0 Å². The largest absolute Gasteiger partial charge is 0.357 e. The lowest BCUT2D eigenvalue weighted by Gasteiger charge is -2.25. The number of hydrogen-bond acceptors (Lipinski definition) is 2. The monoisotopic (exact) mass is 291 g/mol. The third-order valence-corrected chi connectivity index (χ3v) is 4.30. The van der Waals surface area contributed by atoms with Gasteiger partial charge in [0.05, 0.1) is 6.20 Å². The molecule has 0 aromatic carbocycles. The van der Waals surface area contributed by atoms with Crippen LogP contribution < -0.4 is 5.32 Å². The van der Waals surface area contributed by atoms with Crippen LogP contribution in [0.15, 0.2) is 17.4 Å². The van der Waals surface area contributed by atoms with Crippen molar-refractivity contribution in [3.8, 4) is 0 Å². The van der Waals surface area contributed by atoms with Gasteiger partial charge >= 0.3 is 0 Å². The minimum atomic E-state index is 0.399. The lowest BCUT2D eigenvalue weighted by atomic mass is 9.89. The third kappa shape index (κ3) is 4.48. The lowest BCUT2D eigenvalue weighted by Crippen LogP contribution is -2.39. The Balaban J connectivity index is 1.99. The summed E-state index contributed by atoms with van der Waals surface area (Å²) < 4.78 is 1.84. The zero-order chi connectivity index (χ0) is 15.3. The minimum absolute atomic E-state index is 0.399. The Hall–Kier alpha value is -1.52. The molecule has 0 amide bonds. The van der Waals surface area contributed by atoms with Crippen molar-refractivity contribution in [1.29, 1.82) is 0 Å². The summed E-state index contributed by atoms with van der Waals surface area (Å²) in [6.07, 6.45) is 9.29. The van der Waals surface area contributed by atoms with Crippen molar-refractivity contribution >= 4 is 5.96 Å². The quantitative estimate of drug-likeness (QED) is 0.669. The molecule has 1 saturated carbocycles. The summed E-state index contributed by atoms with van der Waals surface area (Å²) in [5.41, 5.74) is 1.60. The van der Waals surface area contributed by atoms with Gasteiger partial charge in [-0.25, -0.2) is 0 Å². The summed E-state index contributed by atoms with van der Waals surface area (Å²) in [5, 5.41) is 7.62. The second-order valence-corrected chi connectivity index (χ2v) is 6.57. The third-order valence-electron chi connectivity index (χ3n) is 4.30. The van der Waals surface area contributed by atoms with Crippen LogP contribution in [0.25, 0.3) is 0 Å². The lowest BCUT2D eigenvalue weighted by molar-refractivity contribution is 0.347. The molecule has 1 aromatic heterocycles. The van der Waals surface area contributed by atoms with Crippen LogP contribution in [0, 0.1) is 5.41 Å². The molecule has 1 N–H and O–H groups in total. The number of aryl methyl sites for hydroxylation is 1. The molecule has 5 heteroatoms. The van der Waals surface area contributed by atoms with Gasteiger partial charge in [-0.1, -0.05) is 19.8 Å². The smallest absolute Gasteiger partial charge is 0.193 e. The van der Waals surface area contributed by atoms with Crippen LogP contribution >= 0.6 is 0 Å². The predicted molar refractivity (Wildman–Crippen MR) is 87.2 cm³/mol. The van der Waals surface area contributed by atoms with E-state index >= 15 is 0 Å². The first-order valence-electron chi connectivity index (χ1n) is 7.99. The molecular weight excluding hydrogens is 262 g/mol. The van der Waals surface area contributed by atoms with Gasteiger partial charge in [0.25, 0.3) is 0 Å². The van der Waals surface area contributed by atoms with E-state index in [1.807, 2.05) is 17.9 Å². The molecule has 2 rings (SSSR count). The van der Waals surface area contributed by atoms with Crippen LogP contribution in [0.5, 0.6) is 0 Å². The highest BCUT2D eigenvalue weighted by atomic mass is 15.3. The second-order valence-electron chi connectivity index (χ2n) is 6.57. The van der Waals surface area contributed by atoms with Gasteiger partial charge in [0.15, 0.2) is 5.96 Å². The fourth-order valence-corrected chi connectivity index (χ4v) is 3.02. The molecule has 118 valence electrons. The molecule has 5 nitrogen and oxygen atoms in total. The van der Waals surface area contributed by atoms with Gasteiger partial charge in [-0.15, -0.1) is 0 Å². The molecule has 0 bridgehead atoms. The fraction of sp³-hybridized carbons (Fsp3) is 0.750. The first-order valence-corrected chi connectivity index (χ1v) is 7.99. The molecule has 1 aliphatic rings. The van der Waals surface area contributed by atoms with Gasteiger partial charge < -0.3 is 10.2 Å². The van der Waals surface area contributed by atoms with E-state index in [-0.39, 0.29) is 0 Å². The topological polar surface area (TPSA) is 45.5 Å². The van der Waals surface area contributed by atoms with E-state index in [4.69, 9.17) is 4.99 Å². The van der Waals surface area contributed by atoms with E-state index in [1.54, 1.807) is 0 Å². The standard InChI is InChI=1S/C16H29N5/c1-5-17-15(18-13-16(2)8-6-7-9-16)20(3)11-14-10-19-21(4)12-14/h10,12H,5-9,11,13H2,1-4H3,(H,17,18). The Morgan fingerprint density at radius 2 is 2.19 bits per heavy atom. The van der Waals surface area contributed by atoms with Gasteiger partial charge in [-0.3, -0.25) is 9.67 Å². The maximum absolute atomic E-state index is 4.87. The van der Waals surface area contributed by atoms with E-state index in [0.717, 1.165) is 25.6 Å². The summed E-state index contributed by atoms with van der Waals surface area (Å²) in [5.74, 6) is 0.995. The fourth-order valence-electron chi connectivity index (χ4n) is 3.02. The predicted octanol–water partition coefficient (Wildman–Crippen LogP) is 2.40. The van der Waals surface area contributed by atoms with Crippen molar-refractivity contribution in [3.63, 3.8) is 0 Å². The number of aliphatic imine (C=N–C) groups is 1. The molecule has 1 heterocycles. The van der Waals surface area contributed by atoms with E-state index in [2.05, 4.69) is 42.4 Å². The number of nitrogens with zero attached hydrogens (tertiary/aromatic N) is 4. The van der Waals surface area contributed by atoms with E-state index < -0.39 is 0 Å². The maximum Gasteiger partial charge on any atom is 0.193 e. The van der Waals surface area contributed by atoms with Crippen molar-refractivity contribution in [2.24, 2.45) is 17.5 Å². The normalized spacial score (nSPS) is 18.0. The van der Waals surface area contributed by atoms with Gasteiger partial charge in [0.1, 0.15) is 0 Å². The molecule has 0 radical (unpaired) electrons. The number of nitrogens with one attached hydrogen (secondary N) is 1. The number of hydrogen-bond donors (Lipinski definition) is 1. The van der Waals surface area contributed by atoms with Crippen molar-refractivity contribution in [2.45, 2.75) is 46.1 Å². The molecule has 1 aliphatic carbocycles. The number of aromatic nitrogens is 2. The number of rotatable bonds is 5. The van der Waals surface area contributed by atoms with Crippen molar-refractivity contribution in [1.82, 2.24) is 20.0 Å². The van der Waals surface area contributed by atoms with Crippen LogP contribution in [0.2, 0.25) is 0 Å². The molecule has 1 fully saturated rings. The highest BCUT2D eigenvalue weighted by Crippen LogP contribution is 2.37. The summed E-state index contributed by atoms with van der Waals surface area (Å²) >= 11 is 0. The summed E-state index contributed by atoms with van der Waals surface area (Å²) in [6, 6.07) is 0.